The summed E-state index contributed by atoms with van der Waals surface area (Å²) >= 11 is 1.25. The van der Waals surface area contributed by atoms with Crippen molar-refractivity contribution >= 4 is 31.3 Å². The second-order valence-electron chi connectivity index (χ2n) is 2.97. The molecule has 0 rings (SSSR count). The maximum absolute atomic E-state index is 5.47. The first-order chi connectivity index (χ1) is 4.12. The molecule has 0 unspecified atom stereocenters. The van der Waals surface area contributed by atoms with Gasteiger partial charge in [-0.3, -0.25) is 0 Å². The average Bonchev–Trinajstić information content (AvgIpc) is 1.84. The van der Waals surface area contributed by atoms with Crippen LogP contribution in [0.5, 0.6) is 0 Å². The second-order valence-corrected chi connectivity index (χ2v) is 8.94. The molecule has 0 saturated heterocycles. The molecule has 0 saturated carbocycles. The van der Waals surface area contributed by atoms with Gasteiger partial charge in [0.1, 0.15) is 0 Å². The summed E-state index contributed by atoms with van der Waals surface area (Å²) < 4.78 is 5.47. The van der Waals surface area contributed by atoms with Crippen LogP contribution in [0.15, 0.2) is 0 Å². The molecular formula is C6H15OSiSn. The zero-order valence-corrected chi connectivity index (χ0v) is 10.4. The van der Waals surface area contributed by atoms with Crippen molar-refractivity contribution in [2.45, 2.75) is 38.9 Å². The van der Waals surface area contributed by atoms with Crippen molar-refractivity contribution < 1.29 is 2.76 Å². The van der Waals surface area contributed by atoms with Crippen LogP contribution in [0.4, 0.5) is 0 Å². The second kappa shape index (κ2) is 4.74. The van der Waals surface area contributed by atoms with E-state index in [-0.39, 0.29) is 0 Å². The Hall–Kier alpha value is 0.976. The van der Waals surface area contributed by atoms with E-state index in [4.69, 9.17) is 2.76 Å². The van der Waals surface area contributed by atoms with Gasteiger partial charge in [0.15, 0.2) is 0 Å². The molecule has 0 aliphatic heterocycles. The molecular weight excluding hydrogens is 235 g/mol. The fourth-order valence-electron chi connectivity index (χ4n) is 0.654. The summed E-state index contributed by atoms with van der Waals surface area (Å²) in [4.78, 5) is 0. The van der Waals surface area contributed by atoms with Crippen LogP contribution in [-0.4, -0.2) is 31.3 Å². The first-order valence-corrected chi connectivity index (χ1v) is 7.75. The third-order valence-electron chi connectivity index (χ3n) is 1.41. The summed E-state index contributed by atoms with van der Waals surface area (Å²) in [6, 6.07) is 1.33. The van der Waals surface area contributed by atoms with Gasteiger partial charge in [-0.2, -0.15) is 0 Å². The number of hydrogen-bond acceptors (Lipinski definition) is 1. The van der Waals surface area contributed by atoms with E-state index in [2.05, 4.69) is 20.0 Å². The Balaban J connectivity index is 3.33. The van der Waals surface area contributed by atoms with E-state index in [0.29, 0.717) is 0 Å². The molecule has 0 spiro atoms. The van der Waals surface area contributed by atoms with Gasteiger partial charge in [-0.25, -0.2) is 0 Å². The number of rotatable bonds is 4. The Labute approximate surface area is 72.9 Å². The van der Waals surface area contributed by atoms with Gasteiger partial charge in [0.25, 0.3) is 0 Å². The van der Waals surface area contributed by atoms with E-state index in [1.807, 2.05) is 0 Å². The van der Waals surface area contributed by atoms with Gasteiger partial charge in [-0.05, 0) is 0 Å². The van der Waals surface area contributed by atoms with E-state index in [1.54, 1.807) is 0 Å². The molecule has 0 aromatic rings. The zero-order valence-electron chi connectivity index (χ0n) is 6.53. The van der Waals surface area contributed by atoms with Crippen molar-refractivity contribution in [2.75, 3.05) is 0 Å². The topological polar surface area (TPSA) is 9.23 Å². The van der Waals surface area contributed by atoms with E-state index in [9.17, 15) is 0 Å². The number of hydrogen-bond donors (Lipinski definition) is 0. The molecule has 0 fully saturated rings. The zero-order chi connectivity index (χ0) is 7.33. The minimum absolute atomic E-state index is 1.16. The van der Waals surface area contributed by atoms with Crippen molar-refractivity contribution in [1.29, 1.82) is 0 Å². The third kappa shape index (κ3) is 5.42. The Morgan fingerprint density at radius 3 is 2.33 bits per heavy atom. The Kier molecular flexibility index (Phi) is 5.25. The normalized spacial score (nSPS) is 12.0. The van der Waals surface area contributed by atoms with Gasteiger partial charge in [-0.15, -0.1) is 0 Å². The third-order valence-corrected chi connectivity index (χ3v) is 8.25. The molecule has 9 heavy (non-hydrogen) atoms. The van der Waals surface area contributed by atoms with E-state index < -0.39 is 8.32 Å². The van der Waals surface area contributed by atoms with Crippen LogP contribution in [0.1, 0.15) is 19.8 Å². The van der Waals surface area contributed by atoms with Gasteiger partial charge in [0.2, 0.25) is 0 Å². The Morgan fingerprint density at radius 2 is 2.00 bits per heavy atom. The number of unbranched alkanes of at least 4 members (excludes halogenated alkanes) is 1. The summed E-state index contributed by atoms with van der Waals surface area (Å²) in [6.07, 6.45) is 2.64. The molecule has 0 atom stereocenters. The SMILES string of the molecule is CCCC[Si](C)(C)[O][Sn]. The fourth-order valence-corrected chi connectivity index (χ4v) is 2.83. The molecule has 1 nitrogen and oxygen atoms in total. The van der Waals surface area contributed by atoms with Gasteiger partial charge in [-0.1, -0.05) is 0 Å². The van der Waals surface area contributed by atoms with Crippen molar-refractivity contribution in [3.05, 3.63) is 0 Å². The predicted molar refractivity (Wildman–Crippen MR) is 44.0 cm³/mol. The van der Waals surface area contributed by atoms with Crippen molar-refractivity contribution in [3.63, 3.8) is 0 Å². The van der Waals surface area contributed by atoms with Gasteiger partial charge in [0.05, 0.1) is 0 Å². The summed E-state index contributed by atoms with van der Waals surface area (Å²) in [5.74, 6) is 0. The molecule has 0 aliphatic rings. The molecule has 0 heterocycles. The van der Waals surface area contributed by atoms with Crippen LogP contribution in [-0.2, 0) is 2.76 Å². The molecule has 3 radical (unpaired) electrons. The van der Waals surface area contributed by atoms with Gasteiger partial charge < -0.3 is 0 Å². The van der Waals surface area contributed by atoms with Crippen LogP contribution >= 0.6 is 0 Å². The molecule has 0 aliphatic carbocycles. The van der Waals surface area contributed by atoms with Crippen LogP contribution in [0.25, 0.3) is 0 Å². The van der Waals surface area contributed by atoms with Crippen LogP contribution < -0.4 is 0 Å². The quantitative estimate of drug-likeness (QED) is 0.694. The van der Waals surface area contributed by atoms with Crippen molar-refractivity contribution in [3.8, 4) is 0 Å². The van der Waals surface area contributed by atoms with E-state index >= 15 is 0 Å². The summed E-state index contributed by atoms with van der Waals surface area (Å²) in [6.45, 7) is 6.81. The minimum atomic E-state index is -1.16. The Bertz CT molecular complexity index is 75.5. The summed E-state index contributed by atoms with van der Waals surface area (Å²) in [7, 11) is -1.16. The monoisotopic (exact) mass is 251 g/mol. The first-order valence-electron chi connectivity index (χ1n) is 3.47. The van der Waals surface area contributed by atoms with Crippen LogP contribution in [0.2, 0.25) is 19.1 Å². The molecule has 0 aromatic heterocycles. The van der Waals surface area contributed by atoms with E-state index in [1.165, 1.54) is 41.8 Å². The van der Waals surface area contributed by atoms with Crippen molar-refractivity contribution in [1.82, 2.24) is 0 Å². The molecule has 3 heteroatoms. The summed E-state index contributed by atoms with van der Waals surface area (Å²) in [5, 5.41) is 0. The summed E-state index contributed by atoms with van der Waals surface area (Å²) in [5.41, 5.74) is 0. The molecule has 0 bridgehead atoms. The predicted octanol–water partition coefficient (Wildman–Crippen LogP) is 2.09. The average molecular weight is 250 g/mol. The van der Waals surface area contributed by atoms with Crippen LogP contribution in [0.3, 0.4) is 0 Å². The van der Waals surface area contributed by atoms with E-state index in [0.717, 1.165) is 0 Å². The Morgan fingerprint density at radius 1 is 1.44 bits per heavy atom. The maximum atomic E-state index is 5.47. The van der Waals surface area contributed by atoms with Gasteiger partial charge in [0, 0.05) is 0 Å². The molecule has 0 N–H and O–H groups in total. The standard InChI is InChI=1S/C6H15OSi.Sn/c1-4-5-6-8(2,3)7;/h4-6H2,1-3H3;/q-1;+1. The first kappa shape index (κ1) is 9.98. The molecule has 0 aromatic carbocycles. The van der Waals surface area contributed by atoms with Gasteiger partial charge >= 0.3 is 72.9 Å². The van der Waals surface area contributed by atoms with Crippen molar-refractivity contribution in [2.24, 2.45) is 0 Å². The van der Waals surface area contributed by atoms with Crippen LogP contribution in [0, 0.1) is 0 Å². The molecule has 0 amide bonds. The fraction of sp³-hybridized carbons (Fsp3) is 1.00. The molecule has 53 valence electrons.